The van der Waals surface area contributed by atoms with Gasteiger partial charge in [-0.3, -0.25) is 18.2 Å². The topological polar surface area (TPSA) is 239 Å². The molecule has 6 aromatic heterocycles. The van der Waals surface area contributed by atoms with Gasteiger partial charge >= 0.3 is 7.12 Å². The number of furan rings is 2. The number of anilines is 2. The number of nitrogens with one attached hydrogen (secondary N) is 2. The fourth-order valence-corrected chi connectivity index (χ4v) is 13.0. The largest absolute Gasteiger partial charge is 0.497 e. The zero-order chi connectivity index (χ0) is 72.5. The molecule has 26 heteroatoms. The summed E-state index contributed by atoms with van der Waals surface area (Å²) in [6.07, 6.45) is 2.20. The number of halogens is 3. The van der Waals surface area contributed by atoms with E-state index in [2.05, 4.69) is 83.4 Å². The lowest BCUT2D eigenvalue weighted by atomic mass is 9.77. The monoisotopic (exact) mass is 1410 g/mol. The first-order valence-electron chi connectivity index (χ1n) is 31.9. The maximum absolute atomic E-state index is 13.7. The molecule has 20 nitrogen and oxygen atoms in total. The van der Waals surface area contributed by atoms with Gasteiger partial charge in [0.15, 0.2) is 11.3 Å². The molecule has 1 aliphatic heterocycles. The Morgan fingerprint density at radius 3 is 1.35 bits per heavy atom. The molecule has 1 fully saturated rings. The van der Waals surface area contributed by atoms with Crippen molar-refractivity contribution in [1.82, 2.24) is 39.7 Å². The Morgan fingerprint density at radius 1 is 0.530 bits per heavy atom. The predicted octanol–water partition coefficient (Wildman–Crippen LogP) is 14.6. The molecule has 7 heterocycles. The van der Waals surface area contributed by atoms with E-state index in [1.165, 1.54) is 76.7 Å². The molecule has 0 atom stereocenters. The Morgan fingerprint density at radius 2 is 0.930 bits per heavy atom. The molecule has 2 amide bonds. The number of amides is 2. The van der Waals surface area contributed by atoms with Crippen LogP contribution in [0.2, 0.25) is 5.15 Å². The fourth-order valence-electron chi connectivity index (χ4n) is 11.8. The smallest absolute Gasteiger partial charge is 0.455 e. The summed E-state index contributed by atoms with van der Waals surface area (Å²) < 4.78 is 109. The van der Waals surface area contributed by atoms with Crippen molar-refractivity contribution in [2.45, 2.75) is 91.5 Å². The summed E-state index contributed by atoms with van der Waals surface area (Å²) in [7, 11) is -2.39. The van der Waals surface area contributed by atoms with E-state index in [0.717, 1.165) is 54.9 Å². The van der Waals surface area contributed by atoms with Gasteiger partial charge in [0.05, 0.1) is 62.9 Å². The van der Waals surface area contributed by atoms with Gasteiger partial charge in [0, 0.05) is 95.5 Å². The Hall–Kier alpha value is -9.79. The summed E-state index contributed by atoms with van der Waals surface area (Å²) in [4.78, 5) is 45.1. The highest BCUT2D eigenvalue weighted by Crippen LogP contribution is 2.44. The molecule has 0 unspecified atom stereocenters. The van der Waals surface area contributed by atoms with Gasteiger partial charge in [0.1, 0.15) is 51.1 Å². The first kappa shape index (κ1) is 71.5. The summed E-state index contributed by atoms with van der Waals surface area (Å²) in [6, 6.07) is 45.2. The quantitative estimate of drug-likeness (QED) is 0.0854. The third kappa shape index (κ3) is 14.0. The molecular weight excluding hydrogens is 1340 g/mol. The molecule has 100 heavy (non-hydrogen) atoms. The lowest BCUT2D eigenvalue weighted by Gasteiger charge is -2.32. The van der Waals surface area contributed by atoms with E-state index in [-0.39, 0.29) is 44.9 Å². The van der Waals surface area contributed by atoms with E-state index in [1.807, 2.05) is 100 Å². The third-order valence-corrected chi connectivity index (χ3v) is 20.2. The number of imidazole rings is 2. The molecule has 0 saturated carbocycles. The minimum Gasteiger partial charge on any atom is -0.455 e. The first-order valence-corrected chi connectivity index (χ1v) is 35.9. The minimum absolute atomic E-state index is 0.0879. The summed E-state index contributed by atoms with van der Waals surface area (Å²) in [6.45, 7) is 20.4. The molecule has 2 N–H and O–H groups in total. The molecule has 12 aromatic rings. The maximum atomic E-state index is 13.7. The average molecular weight is 1410 g/mol. The van der Waals surface area contributed by atoms with Crippen molar-refractivity contribution in [2.24, 2.45) is 0 Å². The summed E-state index contributed by atoms with van der Waals surface area (Å²) in [5.41, 5.74) is 7.23. The van der Waals surface area contributed by atoms with Crippen LogP contribution >= 0.6 is 11.6 Å². The standard InChI is InChI=1S/C34H32FN5O4S.C24H28BFN2O6S.C16H16ClN3/c1-34(2,3)40-26-17-16-25(37-31(26)38-32(40)21-10-8-7-9-11-21)23-18-24-28(19-27(23)39(5)45(6,42)43)44-30(29(24)33(41)36-4)20-12-14-22(35)15-13-20;1-23(2)24(3,4)34-25(33-23)17-12-16-19(13-18(17)28(6)35(7,30)31)32-21(20(16)22(29)27-5)14-8-10-15(26)11-9-14;1-16(2,3)20-12-9-10-13(17)18-14(12)19-15(20)11-7-5-4-6-8-11/h7-19H,1-6H3,(H,36,41);8-13H,1-7H3,(H,27,29);4-10H,1-3H3. The second-order valence-electron chi connectivity index (χ2n) is 27.2. The molecule has 0 radical (unpaired) electrons. The van der Waals surface area contributed by atoms with Crippen molar-refractivity contribution >= 4 is 112 Å². The van der Waals surface area contributed by atoms with Crippen LogP contribution in [0, 0.1) is 11.6 Å². The molecule has 0 aliphatic carbocycles. The zero-order valence-electron chi connectivity index (χ0n) is 58.2. The molecule has 1 aliphatic rings. The predicted molar refractivity (Wildman–Crippen MR) is 392 cm³/mol. The maximum Gasteiger partial charge on any atom is 0.497 e. The third-order valence-electron chi connectivity index (χ3n) is 17.6. The van der Waals surface area contributed by atoms with E-state index in [4.69, 9.17) is 39.7 Å². The molecule has 0 bridgehead atoms. The van der Waals surface area contributed by atoms with Gasteiger partial charge in [0.25, 0.3) is 11.8 Å². The Labute approximate surface area is 584 Å². The van der Waals surface area contributed by atoms with Crippen molar-refractivity contribution in [3.63, 3.8) is 0 Å². The lowest BCUT2D eigenvalue weighted by molar-refractivity contribution is 0.00578. The number of sulfonamides is 2. The van der Waals surface area contributed by atoms with Crippen molar-refractivity contribution in [2.75, 3.05) is 49.3 Å². The zero-order valence-corrected chi connectivity index (χ0v) is 60.6. The van der Waals surface area contributed by atoms with Gasteiger partial charge in [0.2, 0.25) is 20.0 Å². The second-order valence-corrected chi connectivity index (χ2v) is 31.7. The number of nitrogens with zero attached hydrogens (tertiary/aromatic N) is 8. The Bertz CT molecular complexity index is 5370. The van der Waals surface area contributed by atoms with Crippen molar-refractivity contribution in [1.29, 1.82) is 0 Å². The van der Waals surface area contributed by atoms with E-state index in [9.17, 15) is 35.2 Å². The van der Waals surface area contributed by atoms with Crippen LogP contribution in [0.15, 0.2) is 167 Å². The summed E-state index contributed by atoms with van der Waals surface area (Å²) >= 11 is 5.98. The number of hydrogen-bond acceptors (Lipinski definition) is 14. The van der Waals surface area contributed by atoms with Crippen LogP contribution in [0.5, 0.6) is 0 Å². The highest BCUT2D eigenvalue weighted by Gasteiger charge is 2.53. The first-order chi connectivity index (χ1) is 46.9. The average Bonchev–Trinajstić information content (AvgIpc) is 1.58. The Balaban J connectivity index is 0.000000162. The Kier molecular flexibility index (Phi) is 19.1. The van der Waals surface area contributed by atoms with Gasteiger partial charge in [-0.05, 0) is 154 Å². The summed E-state index contributed by atoms with van der Waals surface area (Å²) in [5, 5.41) is 6.63. The van der Waals surface area contributed by atoms with Crippen LogP contribution < -0.4 is 24.7 Å². The lowest BCUT2D eigenvalue weighted by Crippen LogP contribution is -2.41. The number of hydrogen-bond donors (Lipinski definition) is 2. The number of carbonyl (C=O) groups is 2. The molecule has 13 rings (SSSR count). The number of pyridine rings is 2. The van der Waals surface area contributed by atoms with Crippen LogP contribution in [-0.2, 0) is 40.4 Å². The van der Waals surface area contributed by atoms with Crippen LogP contribution in [0.1, 0.15) is 90.0 Å². The molecule has 1 saturated heterocycles. The number of aromatic nitrogens is 6. The van der Waals surface area contributed by atoms with Crippen LogP contribution in [0.4, 0.5) is 20.2 Å². The summed E-state index contributed by atoms with van der Waals surface area (Å²) in [5.74, 6) is 0.464. The van der Waals surface area contributed by atoms with Gasteiger partial charge in [-0.25, -0.2) is 45.6 Å². The normalized spacial score (nSPS) is 13.8. The molecule has 6 aromatic carbocycles. The van der Waals surface area contributed by atoms with Crippen molar-refractivity contribution in [3.8, 4) is 56.7 Å². The van der Waals surface area contributed by atoms with E-state index in [0.29, 0.717) is 66.4 Å². The second kappa shape index (κ2) is 26.7. The number of carbonyl (C=O) groups excluding carboxylic acids is 2. The van der Waals surface area contributed by atoms with E-state index < -0.39 is 61.8 Å². The van der Waals surface area contributed by atoms with Crippen molar-refractivity contribution in [3.05, 3.63) is 186 Å². The van der Waals surface area contributed by atoms with Crippen LogP contribution in [0.25, 0.3) is 101 Å². The van der Waals surface area contributed by atoms with Crippen molar-refractivity contribution < 1.29 is 53.3 Å². The van der Waals surface area contributed by atoms with Gasteiger partial charge in [-0.2, -0.15) is 0 Å². The highest BCUT2D eigenvalue weighted by molar-refractivity contribution is 7.92. The molecular formula is C74H76BClF2N10O10S2. The fraction of sp³-hybridized carbons (Fsp3) is 0.270. The SMILES string of the molecule is CC(C)(C)n1c(-c2ccccc2)nc2nc(Cl)ccc21.CNC(=O)c1c(-c2ccc(F)cc2)oc2cc(N(C)S(C)(=O)=O)c(-c3ccc4c(n3)nc(-c3ccccc3)n4C(C)(C)C)cc12.CNC(=O)c1c(-c2ccc(F)cc2)oc2cc(N(C)S(C)(=O)=O)c(B3OC(C)(C)C(C)(C)O3)cc12. The molecule has 0 spiro atoms. The van der Waals surface area contributed by atoms with Gasteiger partial charge in [-0.1, -0.05) is 72.3 Å². The molecule has 518 valence electrons. The van der Waals surface area contributed by atoms with Gasteiger partial charge in [-0.15, -0.1) is 0 Å². The van der Waals surface area contributed by atoms with E-state index >= 15 is 0 Å². The van der Waals surface area contributed by atoms with Crippen LogP contribution in [0.3, 0.4) is 0 Å². The number of fused-ring (bicyclic) bond motifs is 4. The van der Waals surface area contributed by atoms with Crippen LogP contribution in [-0.4, -0.2) is 117 Å². The number of benzene rings is 6. The number of rotatable bonds is 12. The van der Waals surface area contributed by atoms with Gasteiger partial charge < -0.3 is 37.9 Å². The van der Waals surface area contributed by atoms with E-state index in [1.54, 1.807) is 24.3 Å². The minimum atomic E-state index is -3.71. The highest BCUT2D eigenvalue weighted by atomic mass is 35.5.